The Kier molecular flexibility index (Phi) is 13.0. The molecule has 0 unspecified atom stereocenters. The molecular weight excluding hydrogens is 642 g/mol. The van der Waals surface area contributed by atoms with Crippen molar-refractivity contribution in [2.75, 3.05) is 59.1 Å². The van der Waals surface area contributed by atoms with Gasteiger partial charge in [0.2, 0.25) is 0 Å². The van der Waals surface area contributed by atoms with E-state index in [9.17, 15) is 8.42 Å². The Morgan fingerprint density at radius 3 is 2.10 bits per heavy atom. The van der Waals surface area contributed by atoms with Crippen molar-refractivity contribution in [3.63, 3.8) is 0 Å². The van der Waals surface area contributed by atoms with Crippen molar-refractivity contribution < 1.29 is 37.2 Å². The van der Waals surface area contributed by atoms with Crippen molar-refractivity contribution in [3.05, 3.63) is 115 Å². The van der Waals surface area contributed by atoms with Crippen LogP contribution in [0.2, 0.25) is 0 Å². The molecule has 5 rings (SSSR count). The number of likely N-dealkylation sites (N-methyl/N-ethyl adjacent to an activating group) is 1. The summed E-state index contributed by atoms with van der Waals surface area (Å²) in [5, 5.41) is 10.5. The number of hydrogen-bond acceptors (Lipinski definition) is 9. The van der Waals surface area contributed by atoms with E-state index in [1.165, 1.54) is 6.26 Å². The molecule has 0 aromatic heterocycles. The van der Waals surface area contributed by atoms with Crippen LogP contribution in [0.15, 0.2) is 114 Å². The number of fused-ring (bicyclic) bond motifs is 1. The van der Waals surface area contributed by atoms with Gasteiger partial charge >= 0.3 is 0 Å². The van der Waals surface area contributed by atoms with Gasteiger partial charge in [-0.2, -0.15) is 0 Å². The summed E-state index contributed by atoms with van der Waals surface area (Å²) < 4.78 is 53.3. The van der Waals surface area contributed by atoms with E-state index in [2.05, 4.69) is 11.8 Å². The van der Waals surface area contributed by atoms with Gasteiger partial charge in [-0.1, -0.05) is 55.5 Å². The Balaban J connectivity index is 1.30. The van der Waals surface area contributed by atoms with Gasteiger partial charge in [0.15, 0.2) is 9.84 Å². The fourth-order valence-electron chi connectivity index (χ4n) is 5.25. The standard InChI is InChI=1S/C39H43NO8S/c1-3-40(21-23-44-25-26-45-29-41)22-24-46-33-12-14-34(15-13-33)48-39-37(31-9-17-36(18-10-31)49(2,42)43)19-11-32-27-35(16-20-38(32)39)47-28-30-7-5-4-6-8-30/h4-20,27,41H,3,21-26,28-29H2,1-2H3. The first-order valence-electron chi connectivity index (χ1n) is 16.3. The minimum absolute atomic E-state index is 0.259. The van der Waals surface area contributed by atoms with Gasteiger partial charge in [0.1, 0.15) is 43.0 Å². The smallest absolute Gasteiger partial charge is 0.175 e. The second-order valence-electron chi connectivity index (χ2n) is 11.4. The second-order valence-corrected chi connectivity index (χ2v) is 13.4. The van der Waals surface area contributed by atoms with E-state index in [0.717, 1.165) is 58.6 Å². The van der Waals surface area contributed by atoms with Crippen LogP contribution in [0.3, 0.4) is 0 Å². The lowest BCUT2D eigenvalue weighted by Crippen LogP contribution is -2.31. The number of aliphatic hydroxyl groups excluding tert-OH is 1. The molecule has 0 saturated heterocycles. The zero-order valence-electron chi connectivity index (χ0n) is 27.9. The molecule has 0 aliphatic rings. The molecule has 0 spiro atoms. The van der Waals surface area contributed by atoms with Crippen molar-refractivity contribution in [3.8, 4) is 34.1 Å². The van der Waals surface area contributed by atoms with Crippen LogP contribution in [-0.2, 0) is 25.9 Å². The quantitative estimate of drug-likeness (QED) is 0.0730. The van der Waals surface area contributed by atoms with E-state index in [0.29, 0.717) is 44.5 Å². The van der Waals surface area contributed by atoms with Gasteiger partial charge in [0.05, 0.1) is 24.7 Å². The van der Waals surface area contributed by atoms with Gasteiger partial charge in [0.25, 0.3) is 0 Å². The molecule has 5 aromatic rings. The summed E-state index contributed by atoms with van der Waals surface area (Å²) in [7, 11) is -3.33. The third kappa shape index (κ3) is 10.5. The van der Waals surface area contributed by atoms with E-state index in [1.54, 1.807) is 24.3 Å². The highest BCUT2D eigenvalue weighted by Crippen LogP contribution is 2.41. The summed E-state index contributed by atoms with van der Waals surface area (Å²) in [6.45, 7) is 6.58. The monoisotopic (exact) mass is 685 g/mol. The van der Waals surface area contributed by atoms with Crippen molar-refractivity contribution >= 4 is 20.6 Å². The number of hydrogen-bond donors (Lipinski definition) is 1. The summed E-state index contributed by atoms with van der Waals surface area (Å²) in [6.07, 6.45) is 1.20. The Labute approximate surface area is 288 Å². The van der Waals surface area contributed by atoms with Crippen LogP contribution >= 0.6 is 0 Å². The summed E-state index contributed by atoms with van der Waals surface area (Å²) in [5.74, 6) is 2.76. The lowest BCUT2D eigenvalue weighted by molar-refractivity contribution is -0.0312. The van der Waals surface area contributed by atoms with E-state index in [1.807, 2.05) is 84.9 Å². The first-order chi connectivity index (χ1) is 23.8. The predicted molar refractivity (Wildman–Crippen MR) is 191 cm³/mol. The van der Waals surface area contributed by atoms with Crippen molar-refractivity contribution in [1.29, 1.82) is 0 Å². The molecule has 0 heterocycles. The molecule has 0 aliphatic carbocycles. The first kappa shape index (κ1) is 35.8. The van der Waals surface area contributed by atoms with Gasteiger partial charge in [-0.05, 0) is 83.7 Å². The fourth-order valence-corrected chi connectivity index (χ4v) is 5.88. The Morgan fingerprint density at radius 1 is 0.694 bits per heavy atom. The number of rotatable bonds is 19. The highest BCUT2D eigenvalue weighted by molar-refractivity contribution is 7.90. The highest BCUT2D eigenvalue weighted by Gasteiger charge is 2.15. The van der Waals surface area contributed by atoms with E-state index in [-0.39, 0.29) is 11.7 Å². The normalized spacial score (nSPS) is 11.6. The molecule has 5 aromatic carbocycles. The fraction of sp³-hybridized carbons (Fsp3) is 0.282. The third-order valence-corrected chi connectivity index (χ3v) is 9.09. The minimum Gasteiger partial charge on any atom is -0.492 e. The maximum Gasteiger partial charge on any atom is 0.175 e. The van der Waals surface area contributed by atoms with Crippen LogP contribution in [0.4, 0.5) is 0 Å². The number of ether oxygens (including phenoxy) is 5. The van der Waals surface area contributed by atoms with Crippen LogP contribution in [0, 0.1) is 0 Å². The van der Waals surface area contributed by atoms with Crippen LogP contribution in [0.25, 0.3) is 21.9 Å². The number of benzene rings is 5. The third-order valence-electron chi connectivity index (χ3n) is 7.97. The van der Waals surface area contributed by atoms with Gasteiger partial charge in [-0.15, -0.1) is 0 Å². The van der Waals surface area contributed by atoms with Crippen LogP contribution in [0.1, 0.15) is 12.5 Å². The summed E-state index contributed by atoms with van der Waals surface area (Å²) in [4.78, 5) is 2.50. The molecule has 0 atom stereocenters. The molecule has 0 amide bonds. The van der Waals surface area contributed by atoms with Crippen molar-refractivity contribution in [2.24, 2.45) is 0 Å². The van der Waals surface area contributed by atoms with Gasteiger partial charge in [-0.3, -0.25) is 4.90 Å². The zero-order valence-corrected chi connectivity index (χ0v) is 28.7. The highest BCUT2D eigenvalue weighted by atomic mass is 32.2. The number of sulfone groups is 1. The van der Waals surface area contributed by atoms with Gasteiger partial charge in [-0.25, -0.2) is 8.42 Å². The van der Waals surface area contributed by atoms with E-state index in [4.69, 9.17) is 28.8 Å². The summed E-state index contributed by atoms with van der Waals surface area (Å²) >= 11 is 0. The van der Waals surface area contributed by atoms with Gasteiger partial charge in [0, 0.05) is 30.3 Å². The van der Waals surface area contributed by atoms with Gasteiger partial charge < -0.3 is 28.8 Å². The van der Waals surface area contributed by atoms with Crippen LogP contribution < -0.4 is 14.2 Å². The maximum absolute atomic E-state index is 12.1. The lowest BCUT2D eigenvalue weighted by atomic mass is 9.99. The largest absolute Gasteiger partial charge is 0.492 e. The number of nitrogens with zero attached hydrogens (tertiary/aromatic N) is 1. The van der Waals surface area contributed by atoms with Crippen LogP contribution in [0.5, 0.6) is 23.0 Å². The average molecular weight is 686 g/mol. The molecule has 10 heteroatoms. The molecule has 0 saturated carbocycles. The molecule has 0 radical (unpaired) electrons. The maximum atomic E-state index is 12.1. The Bertz CT molecular complexity index is 1860. The number of aliphatic hydroxyl groups is 1. The zero-order chi connectivity index (χ0) is 34.5. The average Bonchev–Trinajstić information content (AvgIpc) is 3.12. The second kappa shape index (κ2) is 17.8. The molecule has 258 valence electrons. The lowest BCUT2D eigenvalue weighted by Gasteiger charge is -2.20. The van der Waals surface area contributed by atoms with Crippen LogP contribution in [-0.4, -0.2) is 77.5 Å². The Hall–Kier alpha value is -4.45. The van der Waals surface area contributed by atoms with Crippen molar-refractivity contribution in [2.45, 2.75) is 18.4 Å². The summed E-state index contributed by atoms with van der Waals surface area (Å²) in [6, 6.07) is 34.3. The topological polar surface area (TPSA) is 104 Å². The SMILES string of the molecule is CCN(CCOCCOCO)CCOc1ccc(Oc2c(-c3ccc(S(C)(=O)=O)cc3)ccc3cc(OCc4ccccc4)ccc23)cc1. The predicted octanol–water partition coefficient (Wildman–Crippen LogP) is 6.97. The molecule has 0 bridgehead atoms. The minimum atomic E-state index is -3.33. The van der Waals surface area contributed by atoms with E-state index < -0.39 is 9.84 Å². The Morgan fingerprint density at radius 2 is 1.39 bits per heavy atom. The first-order valence-corrected chi connectivity index (χ1v) is 18.2. The molecule has 0 aliphatic heterocycles. The molecular formula is C39H43NO8S. The van der Waals surface area contributed by atoms with Crippen molar-refractivity contribution in [1.82, 2.24) is 4.90 Å². The van der Waals surface area contributed by atoms with E-state index >= 15 is 0 Å². The molecule has 1 N–H and O–H groups in total. The molecule has 49 heavy (non-hydrogen) atoms. The summed E-state index contributed by atoms with van der Waals surface area (Å²) in [5.41, 5.74) is 2.75. The molecule has 9 nitrogen and oxygen atoms in total. The molecule has 0 fully saturated rings.